The van der Waals surface area contributed by atoms with Crippen LogP contribution in [0.2, 0.25) is 0 Å². The Bertz CT molecular complexity index is 310. The minimum absolute atomic E-state index is 0.174. The molecule has 0 fully saturated rings. The lowest BCUT2D eigenvalue weighted by Crippen LogP contribution is -2.35. The predicted octanol–water partition coefficient (Wildman–Crippen LogP) is -0.783. The first-order chi connectivity index (χ1) is 6.24. The van der Waals surface area contributed by atoms with Crippen LogP contribution in [0, 0.1) is 0 Å². The van der Waals surface area contributed by atoms with Gasteiger partial charge in [0.2, 0.25) is 0 Å². The van der Waals surface area contributed by atoms with Crippen molar-refractivity contribution in [3.63, 3.8) is 0 Å². The number of nitrogens with zero attached hydrogens (tertiary/aromatic N) is 2. The maximum atomic E-state index is 11.1. The van der Waals surface area contributed by atoms with Crippen LogP contribution in [0.3, 0.4) is 0 Å². The van der Waals surface area contributed by atoms with Gasteiger partial charge in [0.15, 0.2) is 0 Å². The largest absolute Gasteiger partial charge is 0.383 e. The first-order valence-corrected chi connectivity index (χ1v) is 4.00. The Kier molecular flexibility index (Phi) is 3.60. The molecule has 0 spiro atoms. The van der Waals surface area contributed by atoms with Crippen LogP contribution in [0.15, 0.2) is 23.3 Å². The van der Waals surface area contributed by atoms with Crippen molar-refractivity contribution < 1.29 is 4.74 Å². The molecule has 0 saturated carbocycles. The van der Waals surface area contributed by atoms with Crippen LogP contribution in [0.5, 0.6) is 0 Å². The molecular formula is C8H13N3O2. The van der Waals surface area contributed by atoms with Crippen molar-refractivity contribution in [2.75, 3.05) is 13.7 Å². The van der Waals surface area contributed by atoms with E-state index in [2.05, 4.69) is 4.98 Å². The summed E-state index contributed by atoms with van der Waals surface area (Å²) in [5, 5.41) is 0. The molecule has 0 aromatic carbocycles. The molecule has 0 aliphatic carbocycles. The van der Waals surface area contributed by atoms with E-state index in [4.69, 9.17) is 10.5 Å². The molecule has 1 rings (SSSR count). The minimum Gasteiger partial charge on any atom is -0.383 e. The molecule has 0 saturated heterocycles. The molecule has 13 heavy (non-hydrogen) atoms. The number of methoxy groups -OCH3 is 1. The molecule has 0 bridgehead atoms. The van der Waals surface area contributed by atoms with E-state index in [9.17, 15) is 4.79 Å². The summed E-state index contributed by atoms with van der Waals surface area (Å²) in [6.45, 7) is 0.863. The van der Waals surface area contributed by atoms with Crippen LogP contribution in [0.25, 0.3) is 0 Å². The van der Waals surface area contributed by atoms with E-state index in [0.29, 0.717) is 13.2 Å². The highest BCUT2D eigenvalue weighted by atomic mass is 16.5. The predicted molar refractivity (Wildman–Crippen MR) is 48.3 cm³/mol. The standard InChI is InChI=1S/C8H13N3O2/c1-13-6-7(9)5-11-4-2-3-10-8(11)12/h2-4,7H,5-6,9H2,1H3. The smallest absolute Gasteiger partial charge is 0.347 e. The topological polar surface area (TPSA) is 70.1 Å². The van der Waals surface area contributed by atoms with Crippen molar-refractivity contribution in [1.29, 1.82) is 0 Å². The zero-order chi connectivity index (χ0) is 9.68. The number of ether oxygens (including phenoxy) is 1. The van der Waals surface area contributed by atoms with Crippen LogP contribution >= 0.6 is 0 Å². The van der Waals surface area contributed by atoms with Gasteiger partial charge in [-0.05, 0) is 6.07 Å². The van der Waals surface area contributed by atoms with Gasteiger partial charge in [0.1, 0.15) is 0 Å². The Morgan fingerprint density at radius 3 is 3.15 bits per heavy atom. The van der Waals surface area contributed by atoms with E-state index < -0.39 is 0 Å². The molecule has 0 aliphatic rings. The van der Waals surface area contributed by atoms with E-state index in [1.807, 2.05) is 0 Å². The highest BCUT2D eigenvalue weighted by molar-refractivity contribution is 4.82. The molecule has 2 N–H and O–H groups in total. The second-order valence-corrected chi connectivity index (χ2v) is 2.77. The molecule has 0 amide bonds. The molecule has 72 valence electrons. The van der Waals surface area contributed by atoms with Gasteiger partial charge in [-0.25, -0.2) is 9.78 Å². The van der Waals surface area contributed by atoms with E-state index in [0.717, 1.165) is 0 Å². The molecule has 1 atom stereocenters. The van der Waals surface area contributed by atoms with E-state index in [-0.39, 0.29) is 11.7 Å². The Hall–Kier alpha value is -1.20. The van der Waals surface area contributed by atoms with Gasteiger partial charge in [-0.3, -0.25) is 4.57 Å². The Labute approximate surface area is 76.2 Å². The van der Waals surface area contributed by atoms with Crippen molar-refractivity contribution in [3.8, 4) is 0 Å². The van der Waals surface area contributed by atoms with Crippen molar-refractivity contribution in [3.05, 3.63) is 28.9 Å². The molecule has 5 heteroatoms. The lowest BCUT2D eigenvalue weighted by Gasteiger charge is -2.11. The number of hydrogen-bond donors (Lipinski definition) is 1. The molecule has 1 aromatic heterocycles. The normalized spacial score (nSPS) is 12.8. The second-order valence-electron chi connectivity index (χ2n) is 2.77. The van der Waals surface area contributed by atoms with Crippen LogP contribution in [0.4, 0.5) is 0 Å². The molecule has 5 nitrogen and oxygen atoms in total. The van der Waals surface area contributed by atoms with Gasteiger partial charge in [0.05, 0.1) is 6.61 Å². The number of aromatic nitrogens is 2. The van der Waals surface area contributed by atoms with Crippen molar-refractivity contribution in [2.45, 2.75) is 12.6 Å². The van der Waals surface area contributed by atoms with Crippen LogP contribution < -0.4 is 11.4 Å². The summed E-state index contributed by atoms with van der Waals surface area (Å²) in [7, 11) is 1.58. The highest BCUT2D eigenvalue weighted by Gasteiger charge is 2.03. The van der Waals surface area contributed by atoms with Gasteiger partial charge in [-0.2, -0.15) is 0 Å². The molecular weight excluding hydrogens is 170 g/mol. The second kappa shape index (κ2) is 4.74. The molecule has 1 unspecified atom stereocenters. The van der Waals surface area contributed by atoms with Gasteiger partial charge in [-0.15, -0.1) is 0 Å². The fraction of sp³-hybridized carbons (Fsp3) is 0.500. The zero-order valence-corrected chi connectivity index (χ0v) is 7.51. The van der Waals surface area contributed by atoms with Crippen LogP contribution in [0.1, 0.15) is 0 Å². The lowest BCUT2D eigenvalue weighted by atomic mass is 10.3. The summed E-state index contributed by atoms with van der Waals surface area (Å²) in [6, 6.07) is 1.52. The Balaban J connectivity index is 2.63. The fourth-order valence-corrected chi connectivity index (χ4v) is 1.05. The van der Waals surface area contributed by atoms with Crippen molar-refractivity contribution in [2.24, 2.45) is 5.73 Å². The maximum absolute atomic E-state index is 11.1. The van der Waals surface area contributed by atoms with Gasteiger partial charge >= 0.3 is 5.69 Å². The molecule has 1 aromatic rings. The molecule has 1 heterocycles. The van der Waals surface area contributed by atoms with Gasteiger partial charge in [-0.1, -0.05) is 0 Å². The third-order valence-electron chi connectivity index (χ3n) is 1.59. The van der Waals surface area contributed by atoms with Gasteiger partial charge < -0.3 is 10.5 Å². The van der Waals surface area contributed by atoms with Crippen molar-refractivity contribution in [1.82, 2.24) is 9.55 Å². The average Bonchev–Trinajstić information content (AvgIpc) is 2.09. The molecule has 0 radical (unpaired) electrons. The summed E-state index contributed by atoms with van der Waals surface area (Å²) in [5.74, 6) is 0. The minimum atomic E-state index is -0.283. The van der Waals surface area contributed by atoms with E-state index in [1.165, 1.54) is 10.8 Å². The first-order valence-electron chi connectivity index (χ1n) is 4.00. The number of hydrogen-bond acceptors (Lipinski definition) is 4. The van der Waals surface area contributed by atoms with E-state index in [1.54, 1.807) is 19.4 Å². The fourth-order valence-electron chi connectivity index (χ4n) is 1.05. The lowest BCUT2D eigenvalue weighted by molar-refractivity contribution is 0.173. The zero-order valence-electron chi connectivity index (χ0n) is 7.51. The highest BCUT2D eigenvalue weighted by Crippen LogP contribution is 1.85. The summed E-state index contributed by atoms with van der Waals surface area (Å²) in [5.41, 5.74) is 5.39. The first kappa shape index (κ1) is 9.88. The van der Waals surface area contributed by atoms with Gasteiger partial charge in [0, 0.05) is 32.1 Å². The van der Waals surface area contributed by atoms with Gasteiger partial charge in [0.25, 0.3) is 0 Å². The maximum Gasteiger partial charge on any atom is 0.347 e. The third-order valence-corrected chi connectivity index (χ3v) is 1.59. The van der Waals surface area contributed by atoms with Crippen LogP contribution in [-0.4, -0.2) is 29.3 Å². The number of rotatable bonds is 4. The average molecular weight is 183 g/mol. The monoisotopic (exact) mass is 183 g/mol. The summed E-state index contributed by atoms with van der Waals surface area (Å²) in [4.78, 5) is 14.7. The summed E-state index contributed by atoms with van der Waals surface area (Å²) >= 11 is 0. The summed E-state index contributed by atoms with van der Waals surface area (Å²) < 4.78 is 6.32. The summed E-state index contributed by atoms with van der Waals surface area (Å²) in [6.07, 6.45) is 3.12. The Morgan fingerprint density at radius 2 is 2.54 bits per heavy atom. The quantitative estimate of drug-likeness (QED) is 0.664. The van der Waals surface area contributed by atoms with Crippen LogP contribution in [-0.2, 0) is 11.3 Å². The molecule has 0 aliphatic heterocycles. The Morgan fingerprint density at radius 1 is 1.77 bits per heavy atom. The number of nitrogens with two attached hydrogens (primary N) is 1. The SMILES string of the molecule is COCC(N)Cn1cccnc1=O. The van der Waals surface area contributed by atoms with Crippen molar-refractivity contribution >= 4 is 0 Å². The van der Waals surface area contributed by atoms with E-state index >= 15 is 0 Å². The third kappa shape index (κ3) is 2.96.